The smallest absolute Gasteiger partial charge is 0.246 e. The number of benzene rings is 2. The fourth-order valence-corrected chi connectivity index (χ4v) is 5.86. The molecular formula is C26H29N3O5. The van der Waals surface area contributed by atoms with Gasteiger partial charge in [0.1, 0.15) is 11.6 Å². The summed E-state index contributed by atoms with van der Waals surface area (Å²) in [6.07, 6.45) is 1.11. The molecule has 0 aromatic heterocycles. The maximum atomic E-state index is 13.6. The number of para-hydroxylation sites is 1. The number of nitrogens with one attached hydrogen (secondary N) is 2. The van der Waals surface area contributed by atoms with E-state index in [0.717, 1.165) is 5.56 Å². The molecule has 2 bridgehead atoms. The molecule has 2 aromatic rings. The molecular weight excluding hydrogens is 434 g/mol. The van der Waals surface area contributed by atoms with Crippen LogP contribution in [0.25, 0.3) is 0 Å². The topological polar surface area (TPSA) is 108 Å². The number of ether oxygens (including phenoxy) is 1. The van der Waals surface area contributed by atoms with Crippen molar-refractivity contribution < 1.29 is 24.2 Å². The van der Waals surface area contributed by atoms with E-state index >= 15 is 0 Å². The van der Waals surface area contributed by atoms with Gasteiger partial charge in [-0.05, 0) is 37.0 Å². The lowest BCUT2D eigenvalue weighted by Crippen LogP contribution is -2.55. The van der Waals surface area contributed by atoms with Crippen LogP contribution in [-0.2, 0) is 25.7 Å². The number of fused-ring (bicyclic) bond motifs is 1. The Morgan fingerprint density at radius 1 is 1.06 bits per heavy atom. The van der Waals surface area contributed by atoms with E-state index in [-0.39, 0.29) is 30.9 Å². The Morgan fingerprint density at radius 2 is 1.76 bits per heavy atom. The molecule has 2 aromatic carbocycles. The fourth-order valence-electron chi connectivity index (χ4n) is 5.86. The summed E-state index contributed by atoms with van der Waals surface area (Å²) in [6.45, 7) is 0.472. The molecule has 5 atom stereocenters. The normalized spacial score (nSPS) is 29.2. The van der Waals surface area contributed by atoms with Gasteiger partial charge in [0.2, 0.25) is 17.7 Å². The zero-order valence-corrected chi connectivity index (χ0v) is 18.9. The highest BCUT2D eigenvalue weighted by molar-refractivity contribution is 6.01. The monoisotopic (exact) mass is 463 g/mol. The van der Waals surface area contributed by atoms with Crippen molar-refractivity contribution in [3.63, 3.8) is 0 Å². The van der Waals surface area contributed by atoms with Crippen LogP contribution in [0.2, 0.25) is 0 Å². The number of anilines is 1. The second-order valence-corrected chi connectivity index (χ2v) is 9.22. The zero-order valence-electron chi connectivity index (χ0n) is 18.9. The van der Waals surface area contributed by atoms with E-state index < -0.39 is 29.6 Å². The van der Waals surface area contributed by atoms with Crippen LogP contribution in [-0.4, -0.2) is 58.6 Å². The number of hydrogen-bond acceptors (Lipinski definition) is 5. The summed E-state index contributed by atoms with van der Waals surface area (Å²) >= 11 is 0. The van der Waals surface area contributed by atoms with E-state index in [2.05, 4.69) is 10.6 Å². The highest BCUT2D eigenvalue weighted by Crippen LogP contribution is 2.58. The van der Waals surface area contributed by atoms with Gasteiger partial charge in [0.15, 0.2) is 0 Å². The lowest BCUT2D eigenvalue weighted by Gasteiger charge is -2.33. The van der Waals surface area contributed by atoms with Gasteiger partial charge in [-0.1, -0.05) is 48.5 Å². The molecule has 3 saturated heterocycles. The van der Waals surface area contributed by atoms with Crippen LogP contribution in [0.15, 0.2) is 60.7 Å². The quantitative estimate of drug-likeness (QED) is 0.552. The number of amides is 3. The van der Waals surface area contributed by atoms with Crippen LogP contribution in [0.5, 0.6) is 0 Å². The van der Waals surface area contributed by atoms with E-state index in [4.69, 9.17) is 4.74 Å². The molecule has 3 N–H and O–H groups in total. The zero-order chi connectivity index (χ0) is 23.7. The highest BCUT2D eigenvalue weighted by atomic mass is 16.5. The minimum Gasteiger partial charge on any atom is -0.396 e. The van der Waals surface area contributed by atoms with Gasteiger partial charge < -0.3 is 25.4 Å². The summed E-state index contributed by atoms with van der Waals surface area (Å²) < 4.78 is 6.38. The molecule has 0 radical (unpaired) electrons. The van der Waals surface area contributed by atoms with Crippen molar-refractivity contribution >= 4 is 23.4 Å². The van der Waals surface area contributed by atoms with Crippen LogP contribution in [0.1, 0.15) is 24.8 Å². The molecule has 3 heterocycles. The van der Waals surface area contributed by atoms with Gasteiger partial charge in [-0.15, -0.1) is 0 Å². The number of carbonyl (C=O) groups excluding carboxylic acids is 3. The van der Waals surface area contributed by atoms with Gasteiger partial charge in [0.05, 0.1) is 17.9 Å². The average molecular weight is 464 g/mol. The van der Waals surface area contributed by atoms with Gasteiger partial charge in [0, 0.05) is 25.4 Å². The third-order valence-electron chi connectivity index (χ3n) is 7.26. The van der Waals surface area contributed by atoms with Crippen LogP contribution in [0.3, 0.4) is 0 Å². The summed E-state index contributed by atoms with van der Waals surface area (Å²) in [5.74, 6) is -2.18. The summed E-state index contributed by atoms with van der Waals surface area (Å²) in [6, 6.07) is 17.9. The number of nitrogens with zero attached hydrogens (tertiary/aromatic N) is 1. The van der Waals surface area contributed by atoms with Gasteiger partial charge in [-0.2, -0.15) is 0 Å². The van der Waals surface area contributed by atoms with Crippen molar-refractivity contribution in [2.45, 2.75) is 43.6 Å². The number of aliphatic hydroxyl groups is 1. The molecule has 1 spiro atoms. The van der Waals surface area contributed by atoms with Gasteiger partial charge in [0.25, 0.3) is 0 Å². The Hall–Kier alpha value is -3.23. The Balaban J connectivity index is 1.41. The number of likely N-dealkylation sites (tertiary alicyclic amines) is 1. The van der Waals surface area contributed by atoms with Gasteiger partial charge >= 0.3 is 0 Å². The maximum absolute atomic E-state index is 13.6. The van der Waals surface area contributed by atoms with E-state index in [0.29, 0.717) is 31.5 Å². The number of aliphatic hydroxyl groups excluding tert-OH is 1. The van der Waals surface area contributed by atoms with Crippen molar-refractivity contribution in [3.8, 4) is 0 Å². The van der Waals surface area contributed by atoms with Crippen LogP contribution < -0.4 is 10.6 Å². The van der Waals surface area contributed by atoms with Gasteiger partial charge in [-0.3, -0.25) is 14.4 Å². The average Bonchev–Trinajstić information content (AvgIpc) is 3.50. The first-order chi connectivity index (χ1) is 16.5. The number of carbonyl (C=O) groups is 3. The molecule has 3 aliphatic heterocycles. The third-order valence-corrected chi connectivity index (χ3v) is 7.26. The Bertz CT molecular complexity index is 1060. The number of rotatable bonds is 8. The second-order valence-electron chi connectivity index (χ2n) is 9.22. The molecule has 2 unspecified atom stereocenters. The van der Waals surface area contributed by atoms with Crippen molar-refractivity contribution in [1.29, 1.82) is 0 Å². The Labute approximate surface area is 198 Å². The third kappa shape index (κ3) is 3.76. The maximum Gasteiger partial charge on any atom is 0.246 e. The molecule has 34 heavy (non-hydrogen) atoms. The summed E-state index contributed by atoms with van der Waals surface area (Å²) in [4.78, 5) is 41.9. The van der Waals surface area contributed by atoms with E-state index in [9.17, 15) is 19.5 Å². The summed E-state index contributed by atoms with van der Waals surface area (Å²) in [5, 5.41) is 15.3. The van der Waals surface area contributed by atoms with E-state index in [1.807, 2.05) is 48.5 Å². The lowest BCUT2D eigenvalue weighted by molar-refractivity contribution is -0.141. The molecule has 3 fully saturated rings. The largest absolute Gasteiger partial charge is 0.396 e. The highest BCUT2D eigenvalue weighted by Gasteiger charge is 2.74. The Morgan fingerprint density at radius 3 is 2.47 bits per heavy atom. The predicted molar refractivity (Wildman–Crippen MR) is 124 cm³/mol. The van der Waals surface area contributed by atoms with E-state index in [1.165, 1.54) is 4.90 Å². The first-order valence-electron chi connectivity index (χ1n) is 11.8. The van der Waals surface area contributed by atoms with Crippen LogP contribution in [0, 0.1) is 11.8 Å². The minimum absolute atomic E-state index is 0.0960. The van der Waals surface area contributed by atoms with E-state index in [1.54, 1.807) is 12.1 Å². The standard InChI is InChI=1S/C26H29N3O5/c30-15-7-14-29-22(24(32)27-16-17-8-3-1-4-9-17)26-13-12-19(34-26)20(21(26)25(29)33)23(31)28-18-10-5-2-6-11-18/h1-6,8-11,19-22,30H,7,12-16H2,(H,27,32)(H,28,31)/t19-,20+,21-,22?,26?/m0/s1. The first kappa shape index (κ1) is 22.6. The molecule has 8 nitrogen and oxygen atoms in total. The first-order valence-corrected chi connectivity index (χ1v) is 11.8. The summed E-state index contributed by atoms with van der Waals surface area (Å²) in [7, 11) is 0. The fraction of sp³-hybridized carbons (Fsp3) is 0.423. The molecule has 0 aliphatic carbocycles. The van der Waals surface area contributed by atoms with Crippen molar-refractivity contribution in [2.75, 3.05) is 18.5 Å². The van der Waals surface area contributed by atoms with Crippen LogP contribution in [0.4, 0.5) is 5.69 Å². The molecule has 8 heteroatoms. The van der Waals surface area contributed by atoms with Gasteiger partial charge in [-0.25, -0.2) is 0 Å². The minimum atomic E-state index is -1.03. The Kier molecular flexibility index (Phi) is 6.10. The summed E-state index contributed by atoms with van der Waals surface area (Å²) in [5.41, 5.74) is 0.577. The SMILES string of the molecule is O=C(NCc1ccccc1)C1N(CCCO)C(=O)[C@@H]2[C@H](C(=O)Nc3ccccc3)[C@@H]3CCC12O3. The van der Waals surface area contributed by atoms with Crippen molar-refractivity contribution in [3.05, 3.63) is 66.2 Å². The molecule has 0 saturated carbocycles. The molecule has 3 amide bonds. The van der Waals surface area contributed by atoms with Crippen molar-refractivity contribution in [2.24, 2.45) is 11.8 Å². The molecule has 3 aliphatic rings. The predicted octanol–water partition coefficient (Wildman–Crippen LogP) is 1.70. The number of hydrogen-bond donors (Lipinski definition) is 3. The van der Waals surface area contributed by atoms with Crippen molar-refractivity contribution in [1.82, 2.24) is 10.2 Å². The van der Waals surface area contributed by atoms with Crippen LogP contribution >= 0.6 is 0 Å². The lowest BCUT2D eigenvalue weighted by atomic mass is 9.70. The molecule has 5 rings (SSSR count). The molecule has 178 valence electrons. The second kappa shape index (κ2) is 9.19.